The van der Waals surface area contributed by atoms with Gasteiger partial charge >= 0.3 is 0 Å². The number of hydrogen-bond donors (Lipinski definition) is 0. The van der Waals surface area contributed by atoms with Gasteiger partial charge in [-0.05, 0) is 19.8 Å². The summed E-state index contributed by atoms with van der Waals surface area (Å²) < 4.78 is 11.2. The van der Waals surface area contributed by atoms with Gasteiger partial charge in [0.25, 0.3) is 0 Å². The number of rotatable bonds is 1. The van der Waals surface area contributed by atoms with E-state index in [2.05, 4.69) is 6.92 Å². The molecule has 13 heavy (non-hydrogen) atoms. The van der Waals surface area contributed by atoms with Gasteiger partial charge in [-0.2, -0.15) is 0 Å². The van der Waals surface area contributed by atoms with E-state index in [1.54, 1.807) is 0 Å². The summed E-state index contributed by atoms with van der Waals surface area (Å²) in [6, 6.07) is 0. The fourth-order valence-electron chi connectivity index (χ4n) is 2.06. The molecule has 0 aromatic carbocycles. The first-order valence-corrected chi connectivity index (χ1v) is 5.04. The van der Waals surface area contributed by atoms with Gasteiger partial charge in [-0.15, -0.1) is 0 Å². The predicted octanol–water partition coefficient (Wildman–Crippen LogP) is 1.30. The van der Waals surface area contributed by atoms with Crippen LogP contribution in [0.25, 0.3) is 0 Å². The fourth-order valence-corrected chi connectivity index (χ4v) is 2.06. The van der Waals surface area contributed by atoms with Crippen molar-refractivity contribution in [2.45, 2.75) is 50.9 Å². The molecular formula is C10H16O3. The van der Waals surface area contributed by atoms with E-state index in [4.69, 9.17) is 9.47 Å². The molecule has 0 aromatic rings. The van der Waals surface area contributed by atoms with Crippen molar-refractivity contribution in [1.29, 1.82) is 0 Å². The molecule has 2 aliphatic rings. The summed E-state index contributed by atoms with van der Waals surface area (Å²) in [5.41, 5.74) is 0. The number of carbonyl (C=O) groups is 1. The molecule has 0 bridgehead atoms. The largest absolute Gasteiger partial charge is 0.375 e. The molecule has 3 atom stereocenters. The van der Waals surface area contributed by atoms with Crippen LogP contribution < -0.4 is 0 Å². The van der Waals surface area contributed by atoms with Crippen molar-refractivity contribution in [3.63, 3.8) is 0 Å². The Morgan fingerprint density at radius 2 is 2.15 bits per heavy atom. The van der Waals surface area contributed by atoms with Crippen molar-refractivity contribution in [3.8, 4) is 0 Å². The van der Waals surface area contributed by atoms with Crippen LogP contribution in [-0.2, 0) is 14.3 Å². The average molecular weight is 184 g/mol. The van der Waals surface area contributed by atoms with Crippen LogP contribution in [0.3, 0.4) is 0 Å². The molecule has 3 nitrogen and oxygen atoms in total. The topological polar surface area (TPSA) is 35.5 Å². The Morgan fingerprint density at radius 1 is 1.31 bits per heavy atom. The molecule has 2 rings (SSSR count). The van der Waals surface area contributed by atoms with Crippen molar-refractivity contribution >= 4 is 5.78 Å². The minimum absolute atomic E-state index is 0.0335. The Balaban J connectivity index is 1.89. The maximum Gasteiger partial charge on any atom is 0.137 e. The fraction of sp³-hybridized carbons (Fsp3) is 0.900. The lowest BCUT2D eigenvalue weighted by Crippen LogP contribution is -2.35. The van der Waals surface area contributed by atoms with E-state index >= 15 is 0 Å². The highest BCUT2D eigenvalue weighted by Gasteiger charge is 2.33. The zero-order valence-corrected chi connectivity index (χ0v) is 7.99. The highest BCUT2D eigenvalue weighted by Crippen LogP contribution is 2.26. The van der Waals surface area contributed by atoms with Gasteiger partial charge < -0.3 is 9.47 Å². The second kappa shape index (κ2) is 3.76. The van der Waals surface area contributed by atoms with Gasteiger partial charge in [-0.1, -0.05) is 0 Å². The van der Waals surface area contributed by atoms with Gasteiger partial charge in [-0.3, -0.25) is 4.79 Å². The summed E-state index contributed by atoms with van der Waals surface area (Å²) >= 11 is 0. The van der Waals surface area contributed by atoms with E-state index in [0.29, 0.717) is 31.3 Å². The van der Waals surface area contributed by atoms with Crippen LogP contribution in [0.2, 0.25) is 0 Å². The van der Waals surface area contributed by atoms with Crippen LogP contribution >= 0.6 is 0 Å². The van der Waals surface area contributed by atoms with E-state index in [1.807, 2.05) is 0 Å². The molecule has 0 amide bonds. The summed E-state index contributed by atoms with van der Waals surface area (Å²) in [5, 5.41) is 0. The highest BCUT2D eigenvalue weighted by atomic mass is 16.5. The van der Waals surface area contributed by atoms with Crippen molar-refractivity contribution in [2.75, 3.05) is 6.61 Å². The molecule has 0 aromatic heterocycles. The molecule has 3 heteroatoms. The second-order valence-corrected chi connectivity index (χ2v) is 3.96. The first kappa shape index (κ1) is 9.16. The number of carbonyl (C=O) groups excluding carboxylic acids is 1. The third-order valence-electron chi connectivity index (χ3n) is 2.82. The zero-order chi connectivity index (χ0) is 9.26. The molecule has 3 unspecified atom stereocenters. The quantitative estimate of drug-likeness (QED) is 0.616. The van der Waals surface area contributed by atoms with Crippen LogP contribution in [0.1, 0.15) is 32.6 Å². The van der Waals surface area contributed by atoms with Gasteiger partial charge in [-0.25, -0.2) is 0 Å². The standard InChI is InChI=1S/C10H16O3/c1-7-2-3-9(13-7)10-6-8(11)4-5-12-10/h7,9-10H,2-6H2,1H3. The number of Topliss-reactive ketones (excluding diaryl/α,β-unsaturated/α-hetero) is 1. The van der Waals surface area contributed by atoms with Crippen LogP contribution in [0.5, 0.6) is 0 Å². The zero-order valence-electron chi connectivity index (χ0n) is 7.99. The second-order valence-electron chi connectivity index (χ2n) is 3.96. The number of ketones is 1. The summed E-state index contributed by atoms with van der Waals surface area (Å²) in [7, 11) is 0. The summed E-state index contributed by atoms with van der Waals surface area (Å²) in [5.74, 6) is 0.319. The molecule has 0 saturated carbocycles. The van der Waals surface area contributed by atoms with Crippen molar-refractivity contribution in [3.05, 3.63) is 0 Å². The normalized spacial score (nSPS) is 41.0. The van der Waals surface area contributed by atoms with E-state index in [1.165, 1.54) is 0 Å². The molecule has 0 N–H and O–H groups in total. The third kappa shape index (κ3) is 2.09. The highest BCUT2D eigenvalue weighted by molar-refractivity contribution is 5.79. The minimum Gasteiger partial charge on any atom is -0.375 e. The van der Waals surface area contributed by atoms with Gasteiger partial charge in [0.2, 0.25) is 0 Å². The molecule has 2 heterocycles. The first-order chi connectivity index (χ1) is 6.25. The number of hydrogen-bond acceptors (Lipinski definition) is 3. The van der Waals surface area contributed by atoms with E-state index in [9.17, 15) is 4.79 Å². The lowest BCUT2D eigenvalue weighted by atomic mass is 10.0. The Bertz CT molecular complexity index is 202. The van der Waals surface area contributed by atoms with Crippen molar-refractivity contribution < 1.29 is 14.3 Å². The Morgan fingerprint density at radius 3 is 2.77 bits per heavy atom. The van der Waals surface area contributed by atoms with Crippen LogP contribution in [0, 0.1) is 0 Å². The lowest BCUT2D eigenvalue weighted by molar-refractivity contribution is -0.137. The summed E-state index contributed by atoms with van der Waals surface area (Å²) in [6.45, 7) is 2.66. The van der Waals surface area contributed by atoms with Gasteiger partial charge in [0.05, 0.1) is 24.9 Å². The van der Waals surface area contributed by atoms with E-state index in [-0.39, 0.29) is 12.2 Å². The Labute approximate surface area is 78.4 Å². The van der Waals surface area contributed by atoms with Crippen molar-refractivity contribution in [1.82, 2.24) is 0 Å². The molecule has 2 saturated heterocycles. The minimum atomic E-state index is 0.0335. The van der Waals surface area contributed by atoms with E-state index < -0.39 is 0 Å². The monoisotopic (exact) mass is 184 g/mol. The molecule has 0 aliphatic carbocycles. The lowest BCUT2D eigenvalue weighted by Gasteiger charge is -2.26. The maximum atomic E-state index is 11.2. The third-order valence-corrected chi connectivity index (χ3v) is 2.82. The van der Waals surface area contributed by atoms with Gasteiger partial charge in [0.15, 0.2) is 0 Å². The van der Waals surface area contributed by atoms with E-state index in [0.717, 1.165) is 12.8 Å². The molecule has 2 aliphatic heterocycles. The maximum absolute atomic E-state index is 11.2. The molecule has 0 radical (unpaired) electrons. The average Bonchev–Trinajstić information content (AvgIpc) is 2.52. The summed E-state index contributed by atoms with van der Waals surface area (Å²) in [4.78, 5) is 11.2. The van der Waals surface area contributed by atoms with Crippen LogP contribution in [0.15, 0.2) is 0 Å². The van der Waals surface area contributed by atoms with Crippen LogP contribution in [0.4, 0.5) is 0 Å². The molecule has 2 fully saturated rings. The predicted molar refractivity (Wildman–Crippen MR) is 47.6 cm³/mol. The molecule has 0 spiro atoms. The Kier molecular flexibility index (Phi) is 2.65. The smallest absolute Gasteiger partial charge is 0.137 e. The first-order valence-electron chi connectivity index (χ1n) is 5.04. The summed E-state index contributed by atoms with van der Waals surface area (Å²) in [6.07, 6.45) is 3.81. The Hall–Kier alpha value is -0.410. The molecular weight excluding hydrogens is 168 g/mol. The molecule has 74 valence electrons. The van der Waals surface area contributed by atoms with Gasteiger partial charge in [0.1, 0.15) is 5.78 Å². The SMILES string of the molecule is CC1CCC(C2CC(=O)CCO2)O1. The van der Waals surface area contributed by atoms with Crippen molar-refractivity contribution in [2.24, 2.45) is 0 Å². The van der Waals surface area contributed by atoms with Gasteiger partial charge in [0, 0.05) is 12.8 Å². The number of ether oxygens (including phenoxy) is 2. The van der Waals surface area contributed by atoms with Crippen LogP contribution in [-0.4, -0.2) is 30.7 Å².